The SMILES string of the molecule is CC1(C)C(NC(=O)/C(=N\OC(CF)c2cc(=O)c(O)cn2O)c2csc(N)n2)C(=O)N1OS(=O)(=O)O. The van der Waals surface area contributed by atoms with Crippen LogP contribution >= 0.6 is 11.3 Å². The van der Waals surface area contributed by atoms with Crippen LogP contribution in [0.5, 0.6) is 5.75 Å². The monoisotopic (exact) mass is 550 g/mol. The highest BCUT2D eigenvalue weighted by atomic mass is 32.3. The van der Waals surface area contributed by atoms with Crippen LogP contribution in [0.4, 0.5) is 9.52 Å². The minimum Gasteiger partial charge on any atom is -0.503 e. The number of nitrogens with one attached hydrogen (secondary N) is 1. The molecule has 196 valence electrons. The molecule has 6 N–H and O–H groups in total. The number of anilines is 1. The molecule has 1 aliphatic heterocycles. The summed E-state index contributed by atoms with van der Waals surface area (Å²) in [6.07, 6.45) is -1.12. The molecule has 0 aromatic carbocycles. The predicted octanol–water partition coefficient (Wildman–Crippen LogP) is -0.899. The van der Waals surface area contributed by atoms with Crippen molar-refractivity contribution in [1.29, 1.82) is 0 Å². The maximum Gasteiger partial charge on any atom is 0.418 e. The van der Waals surface area contributed by atoms with Crippen molar-refractivity contribution in [2.45, 2.75) is 31.5 Å². The summed E-state index contributed by atoms with van der Waals surface area (Å²) in [7, 11) is -5.02. The van der Waals surface area contributed by atoms with Gasteiger partial charge in [-0.05, 0) is 13.8 Å². The number of hydrogen-bond acceptors (Lipinski definition) is 13. The maximum atomic E-state index is 13.7. The number of hydroxylamine groups is 2. The predicted molar refractivity (Wildman–Crippen MR) is 118 cm³/mol. The lowest BCUT2D eigenvalue weighted by molar-refractivity contribution is -0.218. The number of carbonyl (C=O) groups is 2. The molecule has 0 saturated carbocycles. The first kappa shape index (κ1) is 26.8. The Morgan fingerprint density at radius 3 is 2.64 bits per heavy atom. The number of hydrogen-bond donors (Lipinski definition) is 5. The van der Waals surface area contributed by atoms with Crippen molar-refractivity contribution in [2.75, 3.05) is 12.4 Å². The quantitative estimate of drug-likeness (QED) is 0.0840. The third kappa shape index (κ3) is 5.37. The summed E-state index contributed by atoms with van der Waals surface area (Å²) in [6, 6.07) is -0.667. The van der Waals surface area contributed by atoms with Crippen LogP contribution in [0.1, 0.15) is 31.3 Å². The number of aromatic nitrogens is 2. The molecular weight excluding hydrogens is 531 g/mol. The van der Waals surface area contributed by atoms with Gasteiger partial charge >= 0.3 is 10.4 Å². The molecule has 0 spiro atoms. The van der Waals surface area contributed by atoms with Gasteiger partial charge in [0.2, 0.25) is 5.43 Å². The lowest BCUT2D eigenvalue weighted by Gasteiger charge is -2.50. The van der Waals surface area contributed by atoms with E-state index in [-0.39, 0.29) is 15.6 Å². The number of thiazole rings is 1. The van der Waals surface area contributed by atoms with E-state index < -0.39 is 69.2 Å². The van der Waals surface area contributed by atoms with Gasteiger partial charge in [-0.25, -0.2) is 9.37 Å². The van der Waals surface area contributed by atoms with Gasteiger partial charge in [0.25, 0.3) is 11.8 Å². The Morgan fingerprint density at radius 2 is 2.11 bits per heavy atom. The fraction of sp³-hybridized carbons (Fsp3) is 0.353. The van der Waals surface area contributed by atoms with E-state index in [9.17, 15) is 37.5 Å². The summed E-state index contributed by atoms with van der Waals surface area (Å²) in [5.74, 6) is -2.93. The van der Waals surface area contributed by atoms with Crippen LogP contribution in [0.3, 0.4) is 0 Å². The lowest BCUT2D eigenvalue weighted by Crippen LogP contribution is -2.76. The highest BCUT2D eigenvalue weighted by molar-refractivity contribution is 7.80. The molecule has 2 amide bonds. The molecule has 19 heteroatoms. The van der Waals surface area contributed by atoms with Crippen molar-refractivity contribution in [3.05, 3.63) is 39.3 Å². The van der Waals surface area contributed by atoms with Gasteiger partial charge in [0.05, 0.1) is 11.7 Å². The molecule has 2 aromatic rings. The Kier molecular flexibility index (Phi) is 7.20. The van der Waals surface area contributed by atoms with Crippen LogP contribution in [0.2, 0.25) is 0 Å². The smallest absolute Gasteiger partial charge is 0.418 e. The van der Waals surface area contributed by atoms with E-state index >= 15 is 0 Å². The Bertz CT molecular complexity index is 1390. The number of nitrogens with two attached hydrogens (primary N) is 1. The third-order valence-electron chi connectivity index (χ3n) is 4.88. The van der Waals surface area contributed by atoms with Crippen LogP contribution in [0, 0.1) is 0 Å². The largest absolute Gasteiger partial charge is 0.503 e. The average Bonchev–Trinajstić information content (AvgIpc) is 3.21. The number of halogens is 1. The van der Waals surface area contributed by atoms with Gasteiger partial charge in [0.1, 0.15) is 24.1 Å². The third-order valence-corrected chi connectivity index (χ3v) is 5.89. The molecule has 16 nitrogen and oxygen atoms in total. The molecular formula is C17H19FN6O10S2. The second-order valence-corrected chi connectivity index (χ2v) is 9.64. The molecule has 3 rings (SSSR count). The van der Waals surface area contributed by atoms with Crippen molar-refractivity contribution in [2.24, 2.45) is 5.16 Å². The highest BCUT2D eigenvalue weighted by Gasteiger charge is 2.58. The van der Waals surface area contributed by atoms with Gasteiger partial charge in [-0.15, -0.1) is 15.6 Å². The number of pyridine rings is 1. The van der Waals surface area contributed by atoms with Crippen molar-refractivity contribution < 1.29 is 46.4 Å². The maximum absolute atomic E-state index is 13.7. The molecule has 0 radical (unpaired) electrons. The average molecular weight is 551 g/mol. The molecule has 36 heavy (non-hydrogen) atoms. The number of nitrogen functional groups attached to an aromatic ring is 1. The molecule has 1 saturated heterocycles. The first-order chi connectivity index (χ1) is 16.7. The molecule has 0 aliphatic carbocycles. The first-order valence-corrected chi connectivity index (χ1v) is 11.9. The number of rotatable bonds is 9. The van der Waals surface area contributed by atoms with Crippen molar-refractivity contribution >= 4 is 44.4 Å². The molecule has 2 atom stereocenters. The summed E-state index contributed by atoms with van der Waals surface area (Å²) >= 11 is 0.912. The number of β-lactam (4-membered cyclic amide) rings is 1. The highest BCUT2D eigenvalue weighted by Crippen LogP contribution is 2.33. The molecule has 2 unspecified atom stereocenters. The number of aromatic hydroxyl groups is 1. The van der Waals surface area contributed by atoms with E-state index in [4.69, 9.17) is 15.1 Å². The van der Waals surface area contributed by atoms with Gasteiger partial charge in [0, 0.05) is 11.4 Å². The van der Waals surface area contributed by atoms with Gasteiger partial charge in [-0.2, -0.15) is 18.2 Å². The fourth-order valence-electron chi connectivity index (χ4n) is 3.07. The van der Waals surface area contributed by atoms with Crippen LogP contribution in [-0.4, -0.2) is 73.8 Å². The summed E-state index contributed by atoms with van der Waals surface area (Å²) < 4.78 is 48.9. The minimum atomic E-state index is -5.02. The van der Waals surface area contributed by atoms with Crippen LogP contribution in [-0.2, 0) is 29.1 Å². The zero-order valence-corrected chi connectivity index (χ0v) is 20.0. The molecule has 2 aromatic heterocycles. The zero-order valence-electron chi connectivity index (χ0n) is 18.4. The summed E-state index contributed by atoms with van der Waals surface area (Å²) in [5, 5.41) is 26.7. The number of oxime groups is 1. The standard InChI is InChI=1S/C17H19FN6O10S2/c1-17(2)13(15(28)24(17)34-36(30,31)32)21-14(27)12(7-6-35-16(19)20-7)22-33-11(4-18)8-3-9(25)10(26)5-23(8)29/h3,5-6,11,13,26,29H,4H2,1-2H3,(H2,19,20)(H,21,27)(H,30,31,32)/b22-12-. The van der Waals surface area contributed by atoms with E-state index in [1.807, 2.05) is 0 Å². The Balaban J connectivity index is 1.88. The van der Waals surface area contributed by atoms with E-state index in [2.05, 4.69) is 19.7 Å². The molecule has 1 aliphatic rings. The lowest BCUT2D eigenvalue weighted by atomic mass is 9.84. The van der Waals surface area contributed by atoms with Crippen LogP contribution in [0.15, 0.2) is 27.6 Å². The number of carbonyl (C=O) groups excluding carboxylic acids is 2. The van der Waals surface area contributed by atoms with Crippen molar-refractivity contribution in [3.63, 3.8) is 0 Å². The second kappa shape index (κ2) is 9.68. The van der Waals surface area contributed by atoms with Gasteiger partial charge < -0.3 is 26.2 Å². The number of nitrogens with zero attached hydrogens (tertiary/aromatic N) is 4. The number of amides is 2. The normalized spacial score (nSPS) is 18.4. The van der Waals surface area contributed by atoms with E-state index in [1.165, 1.54) is 19.2 Å². The van der Waals surface area contributed by atoms with Crippen molar-refractivity contribution in [3.8, 4) is 5.75 Å². The fourth-order valence-corrected chi connectivity index (χ4v) is 4.07. The van der Waals surface area contributed by atoms with Gasteiger partial charge in [-0.3, -0.25) is 18.9 Å². The topological polar surface area (TPSA) is 236 Å². The molecule has 1 fully saturated rings. The number of alkyl halides is 1. The Morgan fingerprint density at radius 1 is 1.44 bits per heavy atom. The second-order valence-electron chi connectivity index (χ2n) is 7.75. The molecule has 0 bridgehead atoms. The first-order valence-electron chi connectivity index (χ1n) is 9.63. The Labute approximate surface area is 205 Å². The van der Waals surface area contributed by atoms with Gasteiger partial charge in [-0.1, -0.05) is 5.16 Å². The van der Waals surface area contributed by atoms with Crippen molar-refractivity contribution in [1.82, 2.24) is 20.1 Å². The minimum absolute atomic E-state index is 0.0167. The zero-order chi connectivity index (χ0) is 27.0. The van der Waals surface area contributed by atoms with Crippen LogP contribution in [0.25, 0.3) is 0 Å². The summed E-state index contributed by atoms with van der Waals surface area (Å²) in [6.45, 7) is 1.31. The Hall–Kier alpha value is -3.81. The van der Waals surface area contributed by atoms with E-state index in [0.717, 1.165) is 11.3 Å². The van der Waals surface area contributed by atoms with E-state index in [1.54, 1.807) is 0 Å². The summed E-state index contributed by atoms with van der Waals surface area (Å²) in [5.41, 5.74) is 2.00. The van der Waals surface area contributed by atoms with Crippen LogP contribution < -0.4 is 16.5 Å². The summed E-state index contributed by atoms with van der Waals surface area (Å²) in [4.78, 5) is 45.9. The van der Waals surface area contributed by atoms with E-state index in [0.29, 0.717) is 17.3 Å². The molecule has 3 heterocycles. The van der Waals surface area contributed by atoms with Gasteiger partial charge in [0.15, 0.2) is 22.7 Å².